The van der Waals surface area contributed by atoms with Crippen LogP contribution >= 0.6 is 23.2 Å². The molecule has 2 rings (SSSR count). The van der Waals surface area contributed by atoms with Gasteiger partial charge in [0.15, 0.2) is 0 Å². The molecule has 1 aromatic carbocycles. The molecule has 0 spiro atoms. The third kappa shape index (κ3) is 4.21. The standard InChI is InChI=1S/C13H12Cl2N4O2/c1-2-21-9-4-7(3-8(16)5-9)12(20)18-11-6-10(14)17-13(15)19-11/h3-6H,2,16H2,1H3,(H,17,18,19,20). The second kappa shape index (κ2) is 6.60. The second-order valence-corrected chi connectivity index (χ2v) is 4.75. The Morgan fingerprint density at radius 2 is 2.05 bits per heavy atom. The number of amides is 1. The van der Waals surface area contributed by atoms with Crippen molar-refractivity contribution in [1.82, 2.24) is 9.97 Å². The molecule has 0 radical (unpaired) electrons. The van der Waals surface area contributed by atoms with Gasteiger partial charge in [-0.15, -0.1) is 0 Å². The fourth-order valence-corrected chi connectivity index (χ4v) is 2.05. The molecule has 0 bridgehead atoms. The highest BCUT2D eigenvalue weighted by Crippen LogP contribution is 2.20. The zero-order chi connectivity index (χ0) is 15.4. The molecule has 1 amide bonds. The Kier molecular flexibility index (Phi) is 4.82. The van der Waals surface area contributed by atoms with Gasteiger partial charge in [0.1, 0.15) is 16.7 Å². The molecule has 0 aliphatic heterocycles. The van der Waals surface area contributed by atoms with E-state index in [0.29, 0.717) is 23.6 Å². The predicted molar refractivity (Wildman–Crippen MR) is 82.0 cm³/mol. The molecule has 6 nitrogen and oxygen atoms in total. The molecular weight excluding hydrogens is 315 g/mol. The van der Waals surface area contributed by atoms with Crippen LogP contribution in [-0.4, -0.2) is 22.5 Å². The maximum atomic E-state index is 12.2. The smallest absolute Gasteiger partial charge is 0.257 e. The molecule has 0 aliphatic rings. The van der Waals surface area contributed by atoms with Crippen LogP contribution < -0.4 is 15.8 Å². The van der Waals surface area contributed by atoms with Crippen molar-refractivity contribution in [2.45, 2.75) is 6.92 Å². The van der Waals surface area contributed by atoms with Crippen LogP contribution in [0.1, 0.15) is 17.3 Å². The lowest BCUT2D eigenvalue weighted by molar-refractivity contribution is 0.102. The van der Waals surface area contributed by atoms with Gasteiger partial charge >= 0.3 is 0 Å². The fraction of sp³-hybridized carbons (Fsp3) is 0.154. The Morgan fingerprint density at radius 3 is 2.71 bits per heavy atom. The molecule has 110 valence electrons. The highest BCUT2D eigenvalue weighted by Gasteiger charge is 2.11. The summed E-state index contributed by atoms with van der Waals surface area (Å²) in [4.78, 5) is 19.7. The van der Waals surface area contributed by atoms with Crippen molar-refractivity contribution in [3.05, 3.63) is 40.3 Å². The molecule has 0 fully saturated rings. The average Bonchev–Trinajstić information content (AvgIpc) is 2.37. The Labute approximate surface area is 131 Å². The second-order valence-electron chi connectivity index (χ2n) is 4.02. The van der Waals surface area contributed by atoms with Crippen molar-refractivity contribution >= 4 is 40.6 Å². The van der Waals surface area contributed by atoms with E-state index in [0.717, 1.165) is 0 Å². The van der Waals surface area contributed by atoms with E-state index in [9.17, 15) is 4.79 Å². The van der Waals surface area contributed by atoms with Crippen LogP contribution in [-0.2, 0) is 0 Å². The zero-order valence-electron chi connectivity index (χ0n) is 11.1. The Balaban J connectivity index is 2.23. The van der Waals surface area contributed by atoms with Crippen molar-refractivity contribution < 1.29 is 9.53 Å². The molecule has 0 atom stereocenters. The number of carbonyl (C=O) groups is 1. The number of carbonyl (C=O) groups excluding carboxylic acids is 1. The number of halogens is 2. The lowest BCUT2D eigenvalue weighted by Crippen LogP contribution is -2.14. The predicted octanol–water partition coefficient (Wildman–Crippen LogP) is 3.02. The van der Waals surface area contributed by atoms with E-state index in [1.54, 1.807) is 12.1 Å². The number of hydrogen-bond donors (Lipinski definition) is 2. The first-order valence-electron chi connectivity index (χ1n) is 6.02. The minimum Gasteiger partial charge on any atom is -0.494 e. The van der Waals surface area contributed by atoms with Crippen molar-refractivity contribution in [3.8, 4) is 5.75 Å². The summed E-state index contributed by atoms with van der Waals surface area (Å²) < 4.78 is 5.34. The molecule has 0 saturated carbocycles. The van der Waals surface area contributed by atoms with Crippen molar-refractivity contribution in [3.63, 3.8) is 0 Å². The van der Waals surface area contributed by atoms with Gasteiger partial charge in [0, 0.05) is 23.4 Å². The van der Waals surface area contributed by atoms with E-state index in [-0.39, 0.29) is 16.3 Å². The number of nitrogens with two attached hydrogens (primary N) is 1. The van der Waals surface area contributed by atoms with Gasteiger partial charge in [0.05, 0.1) is 6.61 Å². The lowest BCUT2D eigenvalue weighted by Gasteiger charge is -2.09. The number of aromatic nitrogens is 2. The summed E-state index contributed by atoms with van der Waals surface area (Å²) in [5.41, 5.74) is 6.50. The first kappa shape index (κ1) is 15.3. The average molecular weight is 327 g/mol. The summed E-state index contributed by atoms with van der Waals surface area (Å²) in [7, 11) is 0. The molecule has 8 heteroatoms. The minimum atomic E-state index is -0.408. The van der Waals surface area contributed by atoms with Crippen LogP contribution in [0.5, 0.6) is 5.75 Å². The minimum absolute atomic E-state index is 0.0552. The lowest BCUT2D eigenvalue weighted by atomic mass is 10.1. The van der Waals surface area contributed by atoms with E-state index < -0.39 is 5.91 Å². The maximum Gasteiger partial charge on any atom is 0.257 e. The van der Waals surface area contributed by atoms with E-state index >= 15 is 0 Å². The molecule has 0 aliphatic carbocycles. The first-order chi connectivity index (χ1) is 9.97. The first-order valence-corrected chi connectivity index (χ1v) is 6.78. The normalized spacial score (nSPS) is 10.2. The number of hydrogen-bond acceptors (Lipinski definition) is 5. The molecule has 2 aromatic rings. The van der Waals surface area contributed by atoms with E-state index in [1.165, 1.54) is 12.1 Å². The summed E-state index contributed by atoms with van der Waals surface area (Å²) in [6, 6.07) is 6.14. The molecule has 1 aromatic heterocycles. The Bertz CT molecular complexity index is 659. The summed E-state index contributed by atoms with van der Waals surface area (Å²) >= 11 is 11.4. The van der Waals surface area contributed by atoms with Crippen molar-refractivity contribution in [2.24, 2.45) is 0 Å². The van der Waals surface area contributed by atoms with Crippen LogP contribution in [0.2, 0.25) is 10.4 Å². The molecular formula is C13H12Cl2N4O2. The Morgan fingerprint density at radius 1 is 1.29 bits per heavy atom. The number of benzene rings is 1. The number of anilines is 2. The highest BCUT2D eigenvalue weighted by molar-refractivity contribution is 6.32. The van der Waals surface area contributed by atoms with Crippen LogP contribution in [0, 0.1) is 0 Å². The molecule has 0 saturated heterocycles. The van der Waals surface area contributed by atoms with Gasteiger partial charge in [-0.05, 0) is 30.7 Å². The number of ether oxygens (including phenoxy) is 1. The van der Waals surface area contributed by atoms with Crippen molar-refractivity contribution in [1.29, 1.82) is 0 Å². The summed E-state index contributed by atoms with van der Waals surface area (Å²) in [5, 5.41) is 2.64. The number of rotatable bonds is 4. The Hall–Kier alpha value is -2.05. The van der Waals surface area contributed by atoms with Gasteiger partial charge in [-0.1, -0.05) is 11.6 Å². The summed E-state index contributed by atoms with van der Waals surface area (Å²) in [6.07, 6.45) is 0. The highest BCUT2D eigenvalue weighted by atomic mass is 35.5. The third-order valence-electron chi connectivity index (χ3n) is 2.41. The van der Waals surface area contributed by atoms with Crippen LogP contribution in [0.3, 0.4) is 0 Å². The summed E-state index contributed by atoms with van der Waals surface area (Å²) in [5.74, 6) is 0.306. The van der Waals surface area contributed by atoms with Gasteiger partial charge in [-0.2, -0.15) is 0 Å². The largest absolute Gasteiger partial charge is 0.494 e. The van der Waals surface area contributed by atoms with E-state index in [1.807, 2.05) is 6.92 Å². The van der Waals surface area contributed by atoms with Crippen LogP contribution in [0.4, 0.5) is 11.5 Å². The van der Waals surface area contributed by atoms with Gasteiger partial charge in [0.25, 0.3) is 5.91 Å². The zero-order valence-corrected chi connectivity index (χ0v) is 12.6. The third-order valence-corrected chi connectivity index (χ3v) is 2.77. The van der Waals surface area contributed by atoms with Gasteiger partial charge in [0.2, 0.25) is 5.28 Å². The van der Waals surface area contributed by atoms with Crippen LogP contribution in [0.25, 0.3) is 0 Å². The van der Waals surface area contributed by atoms with Crippen LogP contribution in [0.15, 0.2) is 24.3 Å². The molecule has 3 N–H and O–H groups in total. The number of nitrogens with zero attached hydrogens (tertiary/aromatic N) is 2. The quantitative estimate of drug-likeness (QED) is 0.512. The molecule has 0 unspecified atom stereocenters. The molecule has 1 heterocycles. The van der Waals surface area contributed by atoms with Gasteiger partial charge in [-0.3, -0.25) is 4.79 Å². The maximum absolute atomic E-state index is 12.2. The van der Waals surface area contributed by atoms with E-state index in [4.69, 9.17) is 33.7 Å². The van der Waals surface area contributed by atoms with Crippen molar-refractivity contribution in [2.75, 3.05) is 17.7 Å². The van der Waals surface area contributed by atoms with Gasteiger partial charge in [-0.25, -0.2) is 9.97 Å². The monoisotopic (exact) mass is 326 g/mol. The number of nitrogens with one attached hydrogen (secondary N) is 1. The summed E-state index contributed by atoms with van der Waals surface area (Å²) in [6.45, 7) is 2.31. The van der Waals surface area contributed by atoms with E-state index in [2.05, 4.69) is 15.3 Å². The fourth-order valence-electron chi connectivity index (χ4n) is 1.65. The number of nitrogen functional groups attached to an aromatic ring is 1. The van der Waals surface area contributed by atoms with Gasteiger partial charge < -0.3 is 15.8 Å². The topological polar surface area (TPSA) is 90.1 Å². The SMILES string of the molecule is CCOc1cc(N)cc(C(=O)Nc2cc(Cl)nc(Cl)n2)c1. The molecule has 21 heavy (non-hydrogen) atoms.